The highest BCUT2D eigenvalue weighted by Gasteiger charge is 2.43. The van der Waals surface area contributed by atoms with Gasteiger partial charge in [-0.1, -0.05) is 34.1 Å². The van der Waals surface area contributed by atoms with Crippen LogP contribution >= 0.6 is 15.9 Å². The Morgan fingerprint density at radius 3 is 2.52 bits per heavy atom. The van der Waals surface area contributed by atoms with E-state index < -0.39 is 6.04 Å². The predicted molar refractivity (Wildman–Crippen MR) is 123 cm³/mol. The molecule has 5 rings (SSSR count). The number of carbonyl (C=O) groups excluding carboxylic acids is 1. The van der Waals surface area contributed by atoms with Crippen molar-refractivity contribution in [1.82, 2.24) is 0 Å². The van der Waals surface area contributed by atoms with E-state index in [0.717, 1.165) is 15.6 Å². The number of nitrogens with zero attached hydrogens (tertiary/aromatic N) is 1. The van der Waals surface area contributed by atoms with Crippen LogP contribution in [0.1, 0.15) is 38.9 Å². The van der Waals surface area contributed by atoms with E-state index in [1.165, 1.54) is 0 Å². The monoisotopic (exact) mass is 475 g/mol. The van der Waals surface area contributed by atoms with Gasteiger partial charge < -0.3 is 9.52 Å². The highest BCUT2D eigenvalue weighted by Crippen LogP contribution is 2.42. The highest BCUT2D eigenvalue weighted by atomic mass is 79.9. The molecule has 0 fully saturated rings. The van der Waals surface area contributed by atoms with E-state index in [1.807, 2.05) is 32.0 Å². The molecule has 1 aromatic heterocycles. The molecule has 0 aliphatic carbocycles. The van der Waals surface area contributed by atoms with Crippen LogP contribution in [0.2, 0.25) is 0 Å². The van der Waals surface area contributed by atoms with Crippen LogP contribution in [0.25, 0.3) is 11.0 Å². The van der Waals surface area contributed by atoms with Crippen molar-refractivity contribution in [3.05, 3.63) is 103 Å². The summed E-state index contributed by atoms with van der Waals surface area (Å²) < 4.78 is 6.71. The zero-order valence-electron chi connectivity index (χ0n) is 16.8. The number of halogens is 1. The quantitative estimate of drug-likeness (QED) is 0.407. The van der Waals surface area contributed by atoms with Crippen molar-refractivity contribution in [2.24, 2.45) is 0 Å². The average molecular weight is 476 g/mol. The number of fused-ring (bicyclic) bond motifs is 2. The number of carbonyl (C=O) groups is 1. The lowest BCUT2D eigenvalue weighted by molar-refractivity contribution is 0.0971. The van der Waals surface area contributed by atoms with Crippen molar-refractivity contribution in [3.8, 4) is 5.75 Å². The second kappa shape index (κ2) is 7.10. The summed E-state index contributed by atoms with van der Waals surface area (Å²) in [5.74, 6) is -0.286. The number of benzene rings is 3. The Kier molecular flexibility index (Phi) is 4.48. The van der Waals surface area contributed by atoms with Crippen molar-refractivity contribution in [2.45, 2.75) is 19.9 Å². The third-order valence-corrected chi connectivity index (χ3v) is 6.28. The van der Waals surface area contributed by atoms with Crippen LogP contribution < -0.4 is 10.3 Å². The summed E-state index contributed by atoms with van der Waals surface area (Å²) >= 11 is 3.40. The summed E-state index contributed by atoms with van der Waals surface area (Å²) in [6.45, 7) is 3.98. The molecule has 6 heteroatoms. The normalized spacial score (nSPS) is 15.5. The minimum Gasteiger partial charge on any atom is -0.508 e. The number of phenols is 1. The fraction of sp³-hybridized carbons (Fsp3) is 0.120. The Morgan fingerprint density at radius 1 is 0.968 bits per heavy atom. The number of hydrogen-bond acceptors (Lipinski definition) is 4. The van der Waals surface area contributed by atoms with E-state index in [0.29, 0.717) is 22.2 Å². The van der Waals surface area contributed by atoms with Crippen LogP contribution in [0, 0.1) is 13.8 Å². The molecule has 31 heavy (non-hydrogen) atoms. The summed E-state index contributed by atoms with van der Waals surface area (Å²) in [6, 6.07) is 16.8. The third-order valence-electron chi connectivity index (χ3n) is 5.79. The molecule has 2 heterocycles. The molecule has 1 atom stereocenters. The van der Waals surface area contributed by atoms with Gasteiger partial charge in [0.15, 0.2) is 5.43 Å². The summed E-state index contributed by atoms with van der Waals surface area (Å²) in [7, 11) is 0. The predicted octanol–water partition coefficient (Wildman–Crippen LogP) is 5.63. The second-order valence-electron chi connectivity index (χ2n) is 7.76. The van der Waals surface area contributed by atoms with Gasteiger partial charge in [-0.25, -0.2) is 0 Å². The van der Waals surface area contributed by atoms with Crippen LogP contribution in [0.15, 0.2) is 74.3 Å². The topological polar surface area (TPSA) is 70.8 Å². The molecule has 4 aromatic rings. The van der Waals surface area contributed by atoms with Crippen LogP contribution in [-0.2, 0) is 0 Å². The van der Waals surface area contributed by atoms with Gasteiger partial charge in [0.2, 0.25) is 5.76 Å². The van der Waals surface area contributed by atoms with Gasteiger partial charge in [-0.15, -0.1) is 0 Å². The molecule has 5 nitrogen and oxygen atoms in total. The first-order valence-corrected chi connectivity index (χ1v) is 10.6. The molecule has 3 aromatic carbocycles. The summed E-state index contributed by atoms with van der Waals surface area (Å²) in [5.41, 5.74) is 3.81. The van der Waals surface area contributed by atoms with Gasteiger partial charge >= 0.3 is 0 Å². The van der Waals surface area contributed by atoms with Crippen LogP contribution in [0.5, 0.6) is 5.75 Å². The zero-order chi connectivity index (χ0) is 21.9. The fourth-order valence-electron chi connectivity index (χ4n) is 4.10. The summed E-state index contributed by atoms with van der Waals surface area (Å²) in [4.78, 5) is 28.7. The largest absolute Gasteiger partial charge is 0.508 e. The van der Waals surface area contributed by atoms with Gasteiger partial charge in [0.25, 0.3) is 5.91 Å². The molecule has 1 unspecified atom stereocenters. The van der Waals surface area contributed by atoms with E-state index in [-0.39, 0.29) is 28.4 Å². The number of aryl methyl sites for hydroxylation is 2. The second-order valence-corrected chi connectivity index (χ2v) is 8.67. The first kappa shape index (κ1) is 19.6. The Hall–Kier alpha value is -3.38. The molecule has 1 amide bonds. The molecule has 1 aliphatic rings. The van der Waals surface area contributed by atoms with E-state index >= 15 is 0 Å². The van der Waals surface area contributed by atoms with Crippen LogP contribution in [0.3, 0.4) is 0 Å². The molecule has 0 saturated heterocycles. The smallest absolute Gasteiger partial charge is 0.295 e. The van der Waals surface area contributed by atoms with Crippen molar-refractivity contribution in [2.75, 3.05) is 4.90 Å². The van der Waals surface area contributed by atoms with Crippen LogP contribution in [-0.4, -0.2) is 11.0 Å². The Balaban J connectivity index is 1.83. The third kappa shape index (κ3) is 3.06. The summed E-state index contributed by atoms with van der Waals surface area (Å²) in [5, 5.41) is 10.5. The minimum absolute atomic E-state index is 0.0337. The molecule has 0 spiro atoms. The lowest BCUT2D eigenvalue weighted by Gasteiger charge is -2.26. The molecule has 1 aliphatic heterocycles. The first-order chi connectivity index (χ1) is 14.8. The van der Waals surface area contributed by atoms with Gasteiger partial charge in [0, 0.05) is 10.2 Å². The standard InChI is InChI=1S/C25H18BrNO4/c1-13-6-8-17(10-14(13)2)27-22(15-4-3-5-18(28)11-15)21-23(29)19-12-16(26)7-9-20(19)31-24(21)25(27)30/h3-12,22,28H,1-2H3. The van der Waals surface area contributed by atoms with Crippen molar-refractivity contribution in [1.29, 1.82) is 0 Å². The molecule has 0 radical (unpaired) electrons. The summed E-state index contributed by atoms with van der Waals surface area (Å²) in [6.07, 6.45) is 0. The Labute approximate surface area is 186 Å². The van der Waals surface area contributed by atoms with Gasteiger partial charge in [-0.3, -0.25) is 14.5 Å². The Morgan fingerprint density at radius 2 is 1.77 bits per heavy atom. The van der Waals surface area contributed by atoms with E-state index in [1.54, 1.807) is 47.4 Å². The fourth-order valence-corrected chi connectivity index (χ4v) is 4.46. The molecule has 0 saturated carbocycles. The van der Waals surface area contributed by atoms with Crippen molar-refractivity contribution in [3.63, 3.8) is 0 Å². The van der Waals surface area contributed by atoms with E-state index in [9.17, 15) is 14.7 Å². The lowest BCUT2D eigenvalue weighted by Crippen LogP contribution is -2.29. The first-order valence-electron chi connectivity index (χ1n) is 9.81. The SMILES string of the molecule is Cc1ccc(N2C(=O)c3oc4ccc(Br)cc4c(=O)c3C2c2cccc(O)c2)cc1C. The van der Waals surface area contributed by atoms with Gasteiger partial charge in [-0.05, 0) is 73.0 Å². The maximum Gasteiger partial charge on any atom is 0.295 e. The molecule has 1 N–H and O–H groups in total. The number of anilines is 1. The van der Waals surface area contributed by atoms with E-state index in [2.05, 4.69) is 15.9 Å². The van der Waals surface area contributed by atoms with Crippen LogP contribution in [0.4, 0.5) is 5.69 Å². The minimum atomic E-state index is -0.712. The number of rotatable bonds is 2. The van der Waals surface area contributed by atoms with Crippen molar-refractivity contribution >= 4 is 38.5 Å². The number of hydrogen-bond donors (Lipinski definition) is 1. The van der Waals surface area contributed by atoms with Gasteiger partial charge in [0.1, 0.15) is 11.3 Å². The van der Waals surface area contributed by atoms with Crippen molar-refractivity contribution < 1.29 is 14.3 Å². The molecule has 154 valence electrons. The number of amides is 1. The average Bonchev–Trinajstić information content (AvgIpc) is 3.03. The lowest BCUT2D eigenvalue weighted by atomic mass is 9.97. The zero-order valence-corrected chi connectivity index (χ0v) is 18.4. The number of phenolic OH excluding ortho intramolecular Hbond substituents is 1. The highest BCUT2D eigenvalue weighted by molar-refractivity contribution is 9.10. The van der Waals surface area contributed by atoms with Gasteiger partial charge in [-0.2, -0.15) is 0 Å². The number of aromatic hydroxyl groups is 1. The van der Waals surface area contributed by atoms with Gasteiger partial charge in [0.05, 0.1) is 17.0 Å². The molecular formula is C25H18BrNO4. The maximum absolute atomic E-state index is 13.6. The maximum atomic E-state index is 13.6. The molecular weight excluding hydrogens is 458 g/mol. The Bertz CT molecular complexity index is 1440. The molecule has 0 bridgehead atoms. The van der Waals surface area contributed by atoms with E-state index in [4.69, 9.17) is 4.42 Å².